The lowest BCUT2D eigenvalue weighted by atomic mass is 9.95. The first-order valence-electron chi connectivity index (χ1n) is 12.7. The highest BCUT2D eigenvalue weighted by Gasteiger charge is 2.36. The average Bonchev–Trinajstić information content (AvgIpc) is 3.50. The van der Waals surface area contributed by atoms with Gasteiger partial charge in [-0.25, -0.2) is 4.79 Å². The quantitative estimate of drug-likeness (QED) is 0.348. The molecule has 2 aromatic carbocycles. The molecule has 0 fully saturated rings. The number of fused-ring (bicyclic) bond motifs is 5. The van der Waals surface area contributed by atoms with Gasteiger partial charge in [0.15, 0.2) is 0 Å². The molecule has 1 N–H and O–H groups in total. The van der Waals surface area contributed by atoms with Gasteiger partial charge in [0.25, 0.3) is 0 Å². The molecule has 6 heteroatoms. The molecule has 0 saturated heterocycles. The van der Waals surface area contributed by atoms with Gasteiger partial charge in [-0.05, 0) is 73.6 Å². The van der Waals surface area contributed by atoms with E-state index in [9.17, 15) is 4.79 Å². The molecular weight excluding hydrogens is 466 g/mol. The lowest BCUT2D eigenvalue weighted by Crippen LogP contribution is -2.41. The Kier molecular flexibility index (Phi) is 6.05. The zero-order valence-corrected chi connectivity index (χ0v) is 21.6. The Bertz CT molecular complexity index is 1400. The highest BCUT2D eigenvalue weighted by molar-refractivity contribution is 7.15. The summed E-state index contributed by atoms with van der Waals surface area (Å²) in [5.74, 6) is 0.794. The number of amides is 2. The SMILES string of the molecule is COc1cccc([C@H]2c3cccn3-c3sc4c(c3CN2C(=O)NCc2ccc(C)cc2)CCCC4)c1. The molecule has 0 unspecified atom stereocenters. The van der Waals surface area contributed by atoms with Crippen molar-refractivity contribution < 1.29 is 9.53 Å². The Labute approximate surface area is 216 Å². The number of nitrogens with one attached hydrogen (secondary N) is 1. The van der Waals surface area contributed by atoms with E-state index in [1.807, 2.05) is 28.4 Å². The number of carbonyl (C=O) groups is 1. The van der Waals surface area contributed by atoms with Crippen LogP contribution in [0.3, 0.4) is 0 Å². The van der Waals surface area contributed by atoms with Crippen molar-refractivity contribution in [2.24, 2.45) is 0 Å². The van der Waals surface area contributed by atoms with Crippen molar-refractivity contribution in [3.8, 4) is 10.8 Å². The molecule has 2 aliphatic rings. The fourth-order valence-corrected chi connectivity index (χ4v) is 6.94. The van der Waals surface area contributed by atoms with Crippen LogP contribution >= 0.6 is 11.3 Å². The van der Waals surface area contributed by atoms with Gasteiger partial charge < -0.3 is 19.5 Å². The van der Waals surface area contributed by atoms with Crippen molar-refractivity contribution in [3.63, 3.8) is 0 Å². The van der Waals surface area contributed by atoms with Crippen LogP contribution in [-0.2, 0) is 25.9 Å². The maximum Gasteiger partial charge on any atom is 0.318 e. The minimum absolute atomic E-state index is 0.0558. The molecule has 1 aliphatic heterocycles. The number of aromatic nitrogens is 1. The van der Waals surface area contributed by atoms with E-state index in [4.69, 9.17) is 4.74 Å². The average molecular weight is 498 g/mol. The van der Waals surface area contributed by atoms with Crippen LogP contribution in [0.15, 0.2) is 66.9 Å². The Hall–Kier alpha value is -3.51. The number of thiophene rings is 1. The van der Waals surface area contributed by atoms with Gasteiger partial charge >= 0.3 is 6.03 Å². The summed E-state index contributed by atoms with van der Waals surface area (Å²) in [5.41, 5.74) is 7.23. The van der Waals surface area contributed by atoms with Crippen LogP contribution in [0.4, 0.5) is 4.79 Å². The number of hydrogen-bond acceptors (Lipinski definition) is 3. The Morgan fingerprint density at radius 1 is 1.06 bits per heavy atom. The number of urea groups is 1. The summed E-state index contributed by atoms with van der Waals surface area (Å²) in [7, 11) is 1.69. The maximum absolute atomic E-state index is 13.9. The van der Waals surface area contributed by atoms with Crippen LogP contribution in [0.25, 0.3) is 5.00 Å². The molecule has 0 saturated carbocycles. The third kappa shape index (κ3) is 4.09. The molecule has 0 spiro atoms. The molecule has 36 heavy (non-hydrogen) atoms. The van der Waals surface area contributed by atoms with Crippen molar-refractivity contribution in [2.75, 3.05) is 7.11 Å². The standard InChI is InChI=1S/C30H31N3O2S/c1-20-12-14-21(15-13-20)18-31-30(34)33-19-25-24-9-3-4-11-27(24)36-29(25)32-16-6-10-26(32)28(33)22-7-5-8-23(17-22)35-2/h5-8,10,12-17,28H,3-4,9,11,18-19H2,1-2H3,(H,31,34)/t28-/m0/s1. The summed E-state index contributed by atoms with van der Waals surface area (Å²) in [6.45, 7) is 3.16. The zero-order valence-electron chi connectivity index (χ0n) is 20.8. The number of rotatable bonds is 4. The van der Waals surface area contributed by atoms with Gasteiger partial charge in [0.05, 0.1) is 25.4 Å². The third-order valence-electron chi connectivity index (χ3n) is 7.41. The number of carbonyl (C=O) groups excluding carboxylic acids is 1. The molecule has 5 nitrogen and oxygen atoms in total. The maximum atomic E-state index is 13.9. The molecule has 1 aliphatic carbocycles. The number of aryl methyl sites for hydroxylation is 2. The molecule has 6 rings (SSSR count). The molecule has 0 bridgehead atoms. The van der Waals surface area contributed by atoms with Gasteiger partial charge in [-0.2, -0.15) is 0 Å². The monoisotopic (exact) mass is 497 g/mol. The van der Waals surface area contributed by atoms with E-state index < -0.39 is 0 Å². The summed E-state index contributed by atoms with van der Waals surface area (Å²) < 4.78 is 7.87. The van der Waals surface area contributed by atoms with E-state index in [1.165, 1.54) is 39.4 Å². The van der Waals surface area contributed by atoms with Crippen LogP contribution in [0.2, 0.25) is 0 Å². The molecule has 4 aromatic rings. The first-order valence-corrected chi connectivity index (χ1v) is 13.5. The first kappa shape index (κ1) is 22.9. The molecule has 1 atom stereocenters. The van der Waals surface area contributed by atoms with Crippen molar-refractivity contribution in [1.82, 2.24) is 14.8 Å². The van der Waals surface area contributed by atoms with E-state index in [0.717, 1.165) is 35.4 Å². The molecule has 3 heterocycles. The van der Waals surface area contributed by atoms with Gasteiger partial charge in [-0.15, -0.1) is 11.3 Å². The summed E-state index contributed by atoms with van der Waals surface area (Å²) in [5, 5.41) is 4.49. The smallest absolute Gasteiger partial charge is 0.318 e. The lowest BCUT2D eigenvalue weighted by Gasteiger charge is -2.31. The van der Waals surface area contributed by atoms with Crippen molar-refractivity contribution in [1.29, 1.82) is 0 Å². The second-order valence-corrected chi connectivity index (χ2v) is 10.8. The minimum atomic E-state index is -0.230. The van der Waals surface area contributed by atoms with E-state index in [2.05, 4.69) is 71.5 Å². The first-order chi connectivity index (χ1) is 17.6. The van der Waals surface area contributed by atoms with Crippen molar-refractivity contribution in [2.45, 2.75) is 51.7 Å². The topological polar surface area (TPSA) is 46.5 Å². The van der Waals surface area contributed by atoms with E-state index in [0.29, 0.717) is 13.1 Å². The number of methoxy groups -OCH3 is 1. The Morgan fingerprint density at radius 2 is 1.89 bits per heavy atom. The molecule has 0 radical (unpaired) electrons. The molecule has 2 aromatic heterocycles. The largest absolute Gasteiger partial charge is 0.497 e. The van der Waals surface area contributed by atoms with Gasteiger partial charge in [-0.1, -0.05) is 42.0 Å². The molecular formula is C30H31N3O2S. The zero-order chi connectivity index (χ0) is 24.6. The van der Waals surface area contributed by atoms with Crippen molar-refractivity contribution >= 4 is 17.4 Å². The number of nitrogens with zero attached hydrogens (tertiary/aromatic N) is 2. The van der Waals surface area contributed by atoms with Crippen LogP contribution in [0.1, 0.15) is 57.3 Å². The van der Waals surface area contributed by atoms with E-state index in [1.54, 1.807) is 7.11 Å². The van der Waals surface area contributed by atoms with Gasteiger partial charge in [-0.3, -0.25) is 0 Å². The second kappa shape index (κ2) is 9.51. The summed E-state index contributed by atoms with van der Waals surface area (Å²) in [4.78, 5) is 17.4. The predicted molar refractivity (Wildman–Crippen MR) is 144 cm³/mol. The van der Waals surface area contributed by atoms with Crippen molar-refractivity contribution in [3.05, 3.63) is 105 Å². The van der Waals surface area contributed by atoms with Crippen LogP contribution < -0.4 is 10.1 Å². The summed E-state index contributed by atoms with van der Waals surface area (Å²) >= 11 is 1.91. The van der Waals surface area contributed by atoms with Crippen LogP contribution in [-0.4, -0.2) is 22.6 Å². The predicted octanol–water partition coefficient (Wildman–Crippen LogP) is 6.55. The van der Waals surface area contributed by atoms with Gasteiger partial charge in [0, 0.05) is 23.2 Å². The van der Waals surface area contributed by atoms with Crippen LogP contribution in [0.5, 0.6) is 5.75 Å². The Balaban J connectivity index is 1.43. The lowest BCUT2D eigenvalue weighted by molar-refractivity contribution is 0.180. The fourth-order valence-electron chi connectivity index (χ4n) is 5.53. The van der Waals surface area contributed by atoms with Gasteiger partial charge in [0.1, 0.15) is 10.8 Å². The number of ether oxygens (including phenoxy) is 1. The summed E-state index contributed by atoms with van der Waals surface area (Å²) in [6, 6.07) is 20.4. The summed E-state index contributed by atoms with van der Waals surface area (Å²) in [6.07, 6.45) is 6.85. The number of benzene rings is 2. The normalized spacial score (nSPS) is 16.5. The number of hydrogen-bond donors (Lipinski definition) is 1. The molecule has 184 valence electrons. The van der Waals surface area contributed by atoms with Gasteiger partial charge in [0.2, 0.25) is 0 Å². The van der Waals surface area contributed by atoms with E-state index in [-0.39, 0.29) is 12.1 Å². The van der Waals surface area contributed by atoms with Crippen LogP contribution in [0, 0.1) is 6.92 Å². The highest BCUT2D eigenvalue weighted by atomic mass is 32.1. The second-order valence-electron chi connectivity index (χ2n) is 9.75. The Morgan fingerprint density at radius 3 is 2.72 bits per heavy atom. The fraction of sp³-hybridized carbons (Fsp3) is 0.300. The third-order valence-corrected chi connectivity index (χ3v) is 8.75. The highest BCUT2D eigenvalue weighted by Crippen LogP contribution is 2.44. The molecule has 2 amide bonds. The van der Waals surface area contributed by atoms with E-state index >= 15 is 0 Å². The minimum Gasteiger partial charge on any atom is -0.497 e.